The number of aliphatic carboxylic acids is 1. The van der Waals surface area contributed by atoms with Crippen molar-refractivity contribution in [3.8, 4) is 0 Å². The third-order valence-corrected chi connectivity index (χ3v) is 6.94. The third-order valence-electron chi connectivity index (χ3n) is 6.94. The second-order valence-corrected chi connectivity index (χ2v) is 10.6. The Balaban J connectivity index is 3.21. The number of hydrogen-bond donors (Lipinski definition) is 1. The number of carboxylic acids is 1. The monoisotopic (exact) mass is 508 g/mol. The molecule has 0 spiro atoms. The summed E-state index contributed by atoms with van der Waals surface area (Å²) in [5, 5.41) is 8.61. The van der Waals surface area contributed by atoms with Gasteiger partial charge in [0.05, 0.1) is 6.61 Å². The van der Waals surface area contributed by atoms with Crippen molar-refractivity contribution < 1.29 is 19.4 Å². The minimum absolute atomic E-state index is 0.0176. The maximum absolute atomic E-state index is 11.9. The van der Waals surface area contributed by atoms with E-state index in [1.54, 1.807) is 0 Å². The van der Waals surface area contributed by atoms with Gasteiger partial charge in [-0.3, -0.25) is 9.59 Å². The van der Waals surface area contributed by atoms with Crippen molar-refractivity contribution in [3.05, 3.63) is 12.2 Å². The van der Waals surface area contributed by atoms with Crippen molar-refractivity contribution in [1.82, 2.24) is 0 Å². The van der Waals surface area contributed by atoms with Crippen LogP contribution in [-0.2, 0) is 14.3 Å². The summed E-state index contributed by atoms with van der Waals surface area (Å²) in [7, 11) is 0. The molecule has 0 bridgehead atoms. The fourth-order valence-corrected chi connectivity index (χ4v) is 4.57. The van der Waals surface area contributed by atoms with Crippen molar-refractivity contribution in [3.63, 3.8) is 0 Å². The molecule has 0 aromatic carbocycles. The molecular formula is C32H60O4. The van der Waals surface area contributed by atoms with Gasteiger partial charge in [-0.25, -0.2) is 0 Å². The van der Waals surface area contributed by atoms with Gasteiger partial charge in [-0.1, -0.05) is 128 Å². The summed E-state index contributed by atoms with van der Waals surface area (Å²) < 4.78 is 5.38. The van der Waals surface area contributed by atoms with Gasteiger partial charge in [0.15, 0.2) is 0 Å². The maximum Gasteiger partial charge on any atom is 0.305 e. The predicted octanol–water partition coefficient (Wildman–Crippen LogP) is 10.3. The summed E-state index contributed by atoms with van der Waals surface area (Å²) in [4.78, 5) is 22.3. The first-order valence-corrected chi connectivity index (χ1v) is 15.7. The van der Waals surface area contributed by atoms with E-state index in [-0.39, 0.29) is 5.97 Å². The minimum Gasteiger partial charge on any atom is -0.481 e. The largest absolute Gasteiger partial charge is 0.481 e. The fourth-order valence-electron chi connectivity index (χ4n) is 4.57. The lowest BCUT2D eigenvalue weighted by molar-refractivity contribution is -0.144. The highest BCUT2D eigenvalue weighted by Gasteiger charge is 2.02. The number of carboxylic acid groups (broad SMARTS) is 1. The SMILES string of the molecule is CCCCCCCC/C=C\CCCCCCCC(=O)OCCCCCCCCCCCCCC(=O)O. The Kier molecular flexibility index (Phi) is 28.8. The number of ether oxygens (including phenoxy) is 1. The number of unbranched alkanes of at least 4 members (excludes halogenated alkanes) is 21. The normalized spacial score (nSPS) is 11.4. The number of allylic oxidation sites excluding steroid dienone is 2. The summed E-state index contributed by atoms with van der Waals surface area (Å²) in [5.41, 5.74) is 0. The van der Waals surface area contributed by atoms with Crippen LogP contribution >= 0.6 is 0 Å². The van der Waals surface area contributed by atoms with Gasteiger partial charge in [0.2, 0.25) is 0 Å². The second-order valence-electron chi connectivity index (χ2n) is 10.6. The fraction of sp³-hybridized carbons (Fsp3) is 0.875. The lowest BCUT2D eigenvalue weighted by Crippen LogP contribution is -2.05. The van der Waals surface area contributed by atoms with Crippen molar-refractivity contribution >= 4 is 11.9 Å². The maximum atomic E-state index is 11.9. The van der Waals surface area contributed by atoms with E-state index < -0.39 is 5.97 Å². The number of carbonyl (C=O) groups is 2. The Morgan fingerprint density at radius 2 is 0.917 bits per heavy atom. The highest BCUT2D eigenvalue weighted by atomic mass is 16.5. The van der Waals surface area contributed by atoms with Crippen LogP contribution in [0.2, 0.25) is 0 Å². The van der Waals surface area contributed by atoms with Crippen molar-refractivity contribution in [1.29, 1.82) is 0 Å². The van der Waals surface area contributed by atoms with Crippen molar-refractivity contribution in [2.24, 2.45) is 0 Å². The second kappa shape index (κ2) is 29.9. The van der Waals surface area contributed by atoms with E-state index in [1.165, 1.54) is 109 Å². The molecule has 1 N–H and O–H groups in total. The summed E-state index contributed by atoms with van der Waals surface area (Å²) in [6.07, 6.45) is 34.9. The van der Waals surface area contributed by atoms with Crippen LogP contribution in [0, 0.1) is 0 Å². The number of esters is 1. The Morgan fingerprint density at radius 1 is 0.528 bits per heavy atom. The third kappa shape index (κ3) is 30.7. The van der Waals surface area contributed by atoms with Gasteiger partial charge in [0.1, 0.15) is 0 Å². The lowest BCUT2D eigenvalue weighted by atomic mass is 10.1. The molecule has 0 aliphatic carbocycles. The quantitative estimate of drug-likeness (QED) is 0.0620. The zero-order valence-corrected chi connectivity index (χ0v) is 23.9. The molecule has 0 fully saturated rings. The molecule has 0 unspecified atom stereocenters. The molecule has 0 rings (SSSR count). The van der Waals surface area contributed by atoms with Crippen LogP contribution in [0.5, 0.6) is 0 Å². The zero-order chi connectivity index (χ0) is 26.4. The summed E-state index contributed by atoms with van der Waals surface area (Å²) in [6, 6.07) is 0. The predicted molar refractivity (Wildman–Crippen MR) is 153 cm³/mol. The molecular weight excluding hydrogens is 448 g/mol. The molecule has 0 heterocycles. The molecule has 0 atom stereocenters. The zero-order valence-electron chi connectivity index (χ0n) is 23.9. The molecule has 212 valence electrons. The van der Waals surface area contributed by atoms with Gasteiger partial charge in [-0.15, -0.1) is 0 Å². The number of rotatable bonds is 29. The summed E-state index contributed by atoms with van der Waals surface area (Å²) >= 11 is 0. The molecule has 4 nitrogen and oxygen atoms in total. The van der Waals surface area contributed by atoms with Gasteiger partial charge < -0.3 is 9.84 Å². The molecule has 0 aliphatic heterocycles. The van der Waals surface area contributed by atoms with E-state index in [9.17, 15) is 9.59 Å². The van der Waals surface area contributed by atoms with E-state index >= 15 is 0 Å². The van der Waals surface area contributed by atoms with Crippen LogP contribution in [0.3, 0.4) is 0 Å². The van der Waals surface area contributed by atoms with E-state index in [0.29, 0.717) is 19.4 Å². The van der Waals surface area contributed by atoms with Crippen LogP contribution in [0.4, 0.5) is 0 Å². The van der Waals surface area contributed by atoms with Gasteiger partial charge in [0, 0.05) is 12.8 Å². The molecule has 0 aromatic rings. The highest BCUT2D eigenvalue weighted by Crippen LogP contribution is 2.13. The first-order chi connectivity index (χ1) is 17.7. The standard InChI is InChI=1S/C32H60O4/c1-2-3-4-5-6-7-8-9-10-11-14-17-20-23-26-29-32(35)36-30-27-24-21-18-15-12-13-16-19-22-25-28-31(33)34/h9-10H,2-8,11-30H2,1H3,(H,33,34)/b10-9-. The first kappa shape index (κ1) is 34.7. The highest BCUT2D eigenvalue weighted by molar-refractivity contribution is 5.69. The first-order valence-electron chi connectivity index (χ1n) is 15.7. The van der Waals surface area contributed by atoms with Crippen LogP contribution in [0.1, 0.15) is 174 Å². The number of carbonyl (C=O) groups excluding carboxylic acids is 1. The average molecular weight is 509 g/mol. The van der Waals surface area contributed by atoms with Crippen molar-refractivity contribution in [2.45, 2.75) is 174 Å². The Morgan fingerprint density at radius 3 is 1.39 bits per heavy atom. The van der Waals surface area contributed by atoms with Crippen LogP contribution < -0.4 is 0 Å². The minimum atomic E-state index is -0.678. The van der Waals surface area contributed by atoms with E-state index in [0.717, 1.165) is 44.9 Å². The van der Waals surface area contributed by atoms with Crippen molar-refractivity contribution in [2.75, 3.05) is 6.61 Å². The summed E-state index contributed by atoms with van der Waals surface area (Å²) in [5.74, 6) is -0.695. The molecule has 0 saturated carbocycles. The number of hydrogen-bond acceptors (Lipinski definition) is 3. The van der Waals surface area contributed by atoms with Crippen LogP contribution in [-0.4, -0.2) is 23.7 Å². The summed E-state index contributed by atoms with van der Waals surface area (Å²) in [6.45, 7) is 2.85. The van der Waals surface area contributed by atoms with Crippen LogP contribution in [0.15, 0.2) is 12.2 Å². The Bertz CT molecular complexity index is 500. The molecule has 0 radical (unpaired) electrons. The topological polar surface area (TPSA) is 63.6 Å². The molecule has 4 heteroatoms. The Hall–Kier alpha value is -1.32. The van der Waals surface area contributed by atoms with Gasteiger partial charge in [-0.05, 0) is 44.9 Å². The molecule has 0 amide bonds. The molecule has 0 saturated heterocycles. The van der Waals surface area contributed by atoms with Gasteiger partial charge in [0.25, 0.3) is 0 Å². The van der Waals surface area contributed by atoms with Crippen LogP contribution in [0.25, 0.3) is 0 Å². The van der Waals surface area contributed by atoms with E-state index in [2.05, 4.69) is 19.1 Å². The average Bonchev–Trinajstić information content (AvgIpc) is 2.86. The van der Waals surface area contributed by atoms with E-state index in [1.807, 2.05) is 0 Å². The molecule has 0 aromatic heterocycles. The lowest BCUT2D eigenvalue weighted by Gasteiger charge is -2.05. The Labute approximate surface area is 224 Å². The smallest absolute Gasteiger partial charge is 0.305 e. The van der Waals surface area contributed by atoms with Gasteiger partial charge >= 0.3 is 11.9 Å². The molecule has 0 aliphatic rings. The van der Waals surface area contributed by atoms with E-state index in [4.69, 9.17) is 9.84 Å². The van der Waals surface area contributed by atoms with Gasteiger partial charge in [-0.2, -0.15) is 0 Å². The molecule has 36 heavy (non-hydrogen) atoms.